The van der Waals surface area contributed by atoms with Gasteiger partial charge in [-0.25, -0.2) is 9.78 Å². The monoisotopic (exact) mass is 422 g/mol. The van der Waals surface area contributed by atoms with E-state index < -0.39 is 5.60 Å². The summed E-state index contributed by atoms with van der Waals surface area (Å²) in [5.74, 6) is 0.0203. The van der Waals surface area contributed by atoms with Crippen LogP contribution >= 0.6 is 11.3 Å². The summed E-state index contributed by atoms with van der Waals surface area (Å²) in [6.45, 7) is 10.2. The molecule has 3 aromatic rings. The fourth-order valence-corrected chi connectivity index (χ4v) is 5.34. The molecule has 3 heterocycles. The third-order valence-electron chi connectivity index (χ3n) is 5.24. The van der Waals surface area contributed by atoms with Gasteiger partial charge in [0.2, 0.25) is 0 Å². The molecule has 5 nitrogen and oxygen atoms in total. The van der Waals surface area contributed by atoms with Crippen molar-refractivity contribution in [3.8, 4) is 11.1 Å². The van der Waals surface area contributed by atoms with Gasteiger partial charge in [0.15, 0.2) is 5.78 Å². The van der Waals surface area contributed by atoms with E-state index >= 15 is 0 Å². The van der Waals surface area contributed by atoms with Crippen molar-refractivity contribution in [1.29, 1.82) is 0 Å². The second kappa shape index (κ2) is 7.51. The Labute approximate surface area is 180 Å². The standard InChI is InChI=1S/C24H26N2O3S/c1-14-19(15(2)27)20(16-9-7-6-8-10-16)21-17-11-12-26(23(28)29-24(3,4)5)13-18(17)30-22(21)25-14/h6-10H,11-13H2,1-5H3. The van der Waals surface area contributed by atoms with E-state index in [2.05, 4.69) is 0 Å². The van der Waals surface area contributed by atoms with Crippen LogP contribution in [0.5, 0.6) is 0 Å². The van der Waals surface area contributed by atoms with Gasteiger partial charge in [0, 0.05) is 27.9 Å². The van der Waals surface area contributed by atoms with Crippen LogP contribution in [-0.2, 0) is 17.7 Å². The summed E-state index contributed by atoms with van der Waals surface area (Å²) in [4.78, 5) is 33.7. The fourth-order valence-electron chi connectivity index (χ4n) is 4.05. The first-order valence-corrected chi connectivity index (χ1v) is 11.0. The number of pyridine rings is 1. The van der Waals surface area contributed by atoms with Gasteiger partial charge in [-0.15, -0.1) is 11.3 Å². The maximum atomic E-state index is 12.6. The number of amides is 1. The molecule has 0 aliphatic carbocycles. The van der Waals surface area contributed by atoms with E-state index in [4.69, 9.17) is 9.72 Å². The molecule has 6 heteroatoms. The van der Waals surface area contributed by atoms with Crippen LogP contribution in [0.15, 0.2) is 30.3 Å². The van der Waals surface area contributed by atoms with Gasteiger partial charge in [-0.05, 0) is 52.2 Å². The van der Waals surface area contributed by atoms with E-state index in [1.807, 2.05) is 58.0 Å². The molecule has 1 aliphatic rings. The largest absolute Gasteiger partial charge is 0.444 e. The lowest BCUT2D eigenvalue weighted by atomic mass is 9.91. The number of carbonyl (C=O) groups excluding carboxylic acids is 2. The molecule has 2 aromatic heterocycles. The number of thiophene rings is 1. The van der Waals surface area contributed by atoms with Gasteiger partial charge in [0.1, 0.15) is 10.4 Å². The van der Waals surface area contributed by atoms with Crippen LogP contribution in [0.2, 0.25) is 0 Å². The molecule has 156 valence electrons. The van der Waals surface area contributed by atoms with Crippen molar-refractivity contribution in [2.24, 2.45) is 0 Å². The lowest BCUT2D eigenvalue weighted by Crippen LogP contribution is -2.39. The number of rotatable bonds is 2. The number of ketones is 1. The molecule has 0 N–H and O–H groups in total. The molecular weight excluding hydrogens is 396 g/mol. The number of hydrogen-bond acceptors (Lipinski definition) is 5. The number of aromatic nitrogens is 1. The van der Waals surface area contributed by atoms with Crippen LogP contribution < -0.4 is 0 Å². The number of ether oxygens (including phenoxy) is 1. The van der Waals surface area contributed by atoms with Gasteiger partial charge in [0.25, 0.3) is 0 Å². The molecule has 0 saturated heterocycles. The number of nitrogens with zero attached hydrogens (tertiary/aromatic N) is 2. The first-order valence-electron chi connectivity index (χ1n) is 10.1. The van der Waals surface area contributed by atoms with E-state index in [1.165, 1.54) is 5.56 Å². The Kier molecular flexibility index (Phi) is 5.14. The number of hydrogen-bond donors (Lipinski definition) is 0. The van der Waals surface area contributed by atoms with Crippen molar-refractivity contribution in [2.45, 2.75) is 53.2 Å². The zero-order chi connectivity index (χ0) is 21.6. The third kappa shape index (κ3) is 3.72. The number of carbonyl (C=O) groups is 2. The van der Waals surface area contributed by atoms with Crippen LogP contribution in [0.25, 0.3) is 21.3 Å². The van der Waals surface area contributed by atoms with E-state index in [1.54, 1.807) is 23.2 Å². The van der Waals surface area contributed by atoms with Crippen LogP contribution in [0.3, 0.4) is 0 Å². The quantitative estimate of drug-likeness (QED) is 0.492. The summed E-state index contributed by atoms with van der Waals surface area (Å²) < 4.78 is 5.56. The average Bonchev–Trinajstić information content (AvgIpc) is 3.02. The third-order valence-corrected chi connectivity index (χ3v) is 6.35. The molecule has 1 amide bonds. The van der Waals surface area contributed by atoms with E-state index in [0.717, 1.165) is 38.3 Å². The maximum absolute atomic E-state index is 12.6. The van der Waals surface area contributed by atoms with Crippen molar-refractivity contribution in [1.82, 2.24) is 9.88 Å². The number of Topliss-reactive ketones (excluding diaryl/α,β-unsaturated/α-hetero) is 1. The van der Waals surface area contributed by atoms with Gasteiger partial charge in [-0.2, -0.15) is 0 Å². The molecule has 0 saturated carbocycles. The maximum Gasteiger partial charge on any atom is 0.410 e. The first-order chi connectivity index (χ1) is 14.2. The van der Waals surface area contributed by atoms with Crippen LogP contribution in [0.1, 0.15) is 54.2 Å². The van der Waals surface area contributed by atoms with E-state index in [9.17, 15) is 9.59 Å². The molecule has 4 rings (SSSR count). The Morgan fingerprint density at radius 1 is 1.17 bits per heavy atom. The van der Waals surface area contributed by atoms with Crippen molar-refractivity contribution in [2.75, 3.05) is 6.54 Å². The molecule has 0 spiro atoms. The summed E-state index contributed by atoms with van der Waals surface area (Å²) in [6, 6.07) is 10.0. The lowest BCUT2D eigenvalue weighted by Gasteiger charge is -2.30. The second-order valence-corrected chi connectivity index (χ2v) is 9.79. The summed E-state index contributed by atoms with van der Waals surface area (Å²) >= 11 is 1.61. The fraction of sp³-hybridized carbons (Fsp3) is 0.375. The lowest BCUT2D eigenvalue weighted by molar-refractivity contribution is 0.0227. The minimum absolute atomic E-state index is 0.0203. The van der Waals surface area contributed by atoms with E-state index in [0.29, 0.717) is 18.7 Å². The molecule has 1 aromatic carbocycles. The van der Waals surface area contributed by atoms with Crippen molar-refractivity contribution in [3.63, 3.8) is 0 Å². The summed E-state index contributed by atoms with van der Waals surface area (Å²) in [7, 11) is 0. The zero-order valence-corrected chi connectivity index (χ0v) is 18.9. The minimum atomic E-state index is -0.521. The molecule has 30 heavy (non-hydrogen) atoms. The van der Waals surface area contributed by atoms with Crippen LogP contribution in [0.4, 0.5) is 4.79 Å². The predicted octanol–water partition coefficient (Wildman–Crippen LogP) is 5.77. The highest BCUT2D eigenvalue weighted by molar-refractivity contribution is 7.19. The van der Waals surface area contributed by atoms with Crippen molar-refractivity contribution >= 4 is 33.4 Å². The highest BCUT2D eigenvalue weighted by Gasteiger charge is 2.30. The zero-order valence-electron chi connectivity index (χ0n) is 18.0. The Hall–Kier alpha value is -2.73. The van der Waals surface area contributed by atoms with Crippen LogP contribution in [0, 0.1) is 6.92 Å². The molecule has 0 unspecified atom stereocenters. The molecule has 1 aliphatic heterocycles. The summed E-state index contributed by atoms with van der Waals surface area (Å²) in [5.41, 5.74) is 4.10. The summed E-state index contributed by atoms with van der Waals surface area (Å²) in [6.07, 6.45) is 0.429. The van der Waals surface area contributed by atoms with E-state index in [-0.39, 0.29) is 11.9 Å². The van der Waals surface area contributed by atoms with Gasteiger partial charge in [-0.1, -0.05) is 30.3 Å². The average molecular weight is 423 g/mol. The Morgan fingerprint density at radius 2 is 1.87 bits per heavy atom. The minimum Gasteiger partial charge on any atom is -0.444 e. The molecule has 0 fully saturated rings. The van der Waals surface area contributed by atoms with Crippen molar-refractivity contribution in [3.05, 3.63) is 52.0 Å². The topological polar surface area (TPSA) is 59.5 Å². The second-order valence-electron chi connectivity index (χ2n) is 8.71. The normalized spacial score (nSPS) is 14.0. The Morgan fingerprint density at radius 3 is 2.50 bits per heavy atom. The predicted molar refractivity (Wildman–Crippen MR) is 120 cm³/mol. The van der Waals surface area contributed by atoms with Crippen molar-refractivity contribution < 1.29 is 14.3 Å². The molecule has 0 radical (unpaired) electrons. The number of fused-ring (bicyclic) bond motifs is 3. The van der Waals surface area contributed by atoms with Gasteiger partial charge < -0.3 is 9.64 Å². The van der Waals surface area contributed by atoms with Gasteiger partial charge in [-0.3, -0.25) is 4.79 Å². The Balaban J connectivity index is 1.86. The highest BCUT2D eigenvalue weighted by Crippen LogP contribution is 2.42. The molecule has 0 bridgehead atoms. The summed E-state index contributed by atoms with van der Waals surface area (Å²) in [5, 5.41) is 1.06. The SMILES string of the molecule is CC(=O)c1c(C)nc2sc3c(c2c1-c1ccccc1)CCN(C(=O)OC(C)(C)C)C3. The highest BCUT2D eigenvalue weighted by atomic mass is 32.1. The number of aryl methyl sites for hydroxylation is 1. The van der Waals surface area contributed by atoms with Crippen LogP contribution in [-0.4, -0.2) is 33.9 Å². The first kappa shape index (κ1) is 20.5. The van der Waals surface area contributed by atoms with Gasteiger partial charge in [0.05, 0.1) is 12.2 Å². The molecular formula is C24H26N2O3S. The number of benzene rings is 1. The van der Waals surface area contributed by atoms with Gasteiger partial charge >= 0.3 is 6.09 Å². The molecule has 0 atom stereocenters. The Bertz CT molecular complexity index is 1140. The smallest absolute Gasteiger partial charge is 0.410 e.